The van der Waals surface area contributed by atoms with Gasteiger partial charge < -0.3 is 4.90 Å². The first-order valence-corrected chi connectivity index (χ1v) is 7.44. The molecule has 19 heavy (non-hydrogen) atoms. The molecule has 1 amide bonds. The Hall–Kier alpha value is -1.40. The fourth-order valence-corrected chi connectivity index (χ4v) is 2.37. The van der Waals surface area contributed by atoms with Crippen LogP contribution in [0.5, 0.6) is 0 Å². The van der Waals surface area contributed by atoms with E-state index in [1.807, 2.05) is 20.8 Å². The number of carbonyl (C=O) groups is 1. The van der Waals surface area contributed by atoms with Gasteiger partial charge in [0.15, 0.2) is 0 Å². The molecule has 0 heterocycles. The Labute approximate surface area is 114 Å². The van der Waals surface area contributed by atoms with Crippen LogP contribution in [0.4, 0.5) is 0 Å². The maximum absolute atomic E-state index is 12.2. The molecule has 0 unspecified atom stereocenters. The minimum atomic E-state index is -3.79. The van der Waals surface area contributed by atoms with E-state index in [1.54, 1.807) is 18.0 Å². The maximum atomic E-state index is 12.2. The number of primary sulfonamides is 1. The predicted octanol–water partition coefficient (Wildman–Crippen LogP) is 1.45. The van der Waals surface area contributed by atoms with Gasteiger partial charge in [-0.1, -0.05) is 26.8 Å². The summed E-state index contributed by atoms with van der Waals surface area (Å²) in [4.78, 5) is 13.7. The SMILES string of the molecule is CN(CC(C)(C)C)C(=O)c1cccc(S(N)(=O)=O)c1. The molecule has 0 atom stereocenters. The van der Waals surface area contributed by atoms with Crippen molar-refractivity contribution in [2.75, 3.05) is 13.6 Å². The summed E-state index contributed by atoms with van der Waals surface area (Å²) in [7, 11) is -2.10. The predicted molar refractivity (Wildman–Crippen MR) is 74.2 cm³/mol. The van der Waals surface area contributed by atoms with Crippen molar-refractivity contribution in [1.82, 2.24) is 4.90 Å². The molecule has 1 aromatic carbocycles. The molecule has 5 nitrogen and oxygen atoms in total. The molecule has 0 spiro atoms. The van der Waals surface area contributed by atoms with Gasteiger partial charge in [-0.05, 0) is 23.6 Å². The second kappa shape index (κ2) is 5.30. The van der Waals surface area contributed by atoms with Crippen molar-refractivity contribution >= 4 is 15.9 Å². The molecule has 0 aliphatic heterocycles. The molecule has 0 aromatic heterocycles. The van der Waals surface area contributed by atoms with E-state index in [4.69, 9.17) is 5.14 Å². The Balaban J connectivity index is 3.01. The molecule has 0 radical (unpaired) electrons. The summed E-state index contributed by atoms with van der Waals surface area (Å²) in [5.41, 5.74) is 0.292. The molecule has 1 rings (SSSR count). The zero-order valence-corrected chi connectivity index (χ0v) is 12.5. The molecule has 106 valence electrons. The molecule has 0 aliphatic carbocycles. The number of rotatable bonds is 3. The van der Waals surface area contributed by atoms with E-state index in [-0.39, 0.29) is 16.2 Å². The van der Waals surface area contributed by atoms with E-state index in [2.05, 4.69) is 0 Å². The average Bonchev–Trinajstić information content (AvgIpc) is 2.24. The van der Waals surface area contributed by atoms with E-state index in [1.165, 1.54) is 18.2 Å². The van der Waals surface area contributed by atoms with Crippen molar-refractivity contribution in [2.45, 2.75) is 25.7 Å². The zero-order valence-electron chi connectivity index (χ0n) is 11.7. The largest absolute Gasteiger partial charge is 0.341 e. The summed E-state index contributed by atoms with van der Waals surface area (Å²) in [6, 6.07) is 5.76. The second-order valence-corrected chi connectivity index (χ2v) is 7.36. The van der Waals surface area contributed by atoms with Crippen molar-refractivity contribution in [2.24, 2.45) is 10.6 Å². The number of hydrogen-bond donors (Lipinski definition) is 1. The first kappa shape index (κ1) is 15.7. The molecule has 0 bridgehead atoms. The van der Waals surface area contributed by atoms with Crippen LogP contribution >= 0.6 is 0 Å². The monoisotopic (exact) mass is 284 g/mol. The number of hydrogen-bond acceptors (Lipinski definition) is 3. The Morgan fingerprint density at radius 1 is 1.32 bits per heavy atom. The van der Waals surface area contributed by atoms with Crippen LogP contribution in [0.2, 0.25) is 0 Å². The summed E-state index contributed by atoms with van der Waals surface area (Å²) >= 11 is 0. The van der Waals surface area contributed by atoms with Crippen LogP contribution in [0.15, 0.2) is 29.2 Å². The van der Waals surface area contributed by atoms with Crippen molar-refractivity contribution in [3.63, 3.8) is 0 Å². The Bertz CT molecular complexity index is 574. The highest BCUT2D eigenvalue weighted by molar-refractivity contribution is 7.89. The van der Waals surface area contributed by atoms with Crippen LogP contribution in [-0.2, 0) is 10.0 Å². The molecule has 0 saturated heterocycles. The van der Waals surface area contributed by atoms with Gasteiger partial charge in [0.2, 0.25) is 10.0 Å². The molecule has 0 saturated carbocycles. The zero-order chi connectivity index (χ0) is 14.8. The van der Waals surface area contributed by atoms with Crippen LogP contribution in [0.25, 0.3) is 0 Å². The lowest BCUT2D eigenvalue weighted by Crippen LogP contribution is -2.34. The third kappa shape index (κ3) is 4.65. The molecular weight excluding hydrogens is 264 g/mol. The van der Waals surface area contributed by atoms with E-state index in [9.17, 15) is 13.2 Å². The molecule has 1 aromatic rings. The molecule has 2 N–H and O–H groups in total. The van der Waals surface area contributed by atoms with Crippen molar-refractivity contribution in [3.05, 3.63) is 29.8 Å². The molecule has 0 aliphatic rings. The third-order valence-electron chi connectivity index (χ3n) is 2.47. The third-order valence-corrected chi connectivity index (χ3v) is 3.38. The fraction of sp³-hybridized carbons (Fsp3) is 0.462. The fourth-order valence-electron chi connectivity index (χ4n) is 1.81. The quantitative estimate of drug-likeness (QED) is 0.912. The highest BCUT2D eigenvalue weighted by Crippen LogP contribution is 2.17. The van der Waals surface area contributed by atoms with E-state index in [0.717, 1.165) is 0 Å². The normalized spacial score (nSPS) is 12.3. The van der Waals surface area contributed by atoms with Gasteiger partial charge in [0.25, 0.3) is 5.91 Å². The summed E-state index contributed by atoms with van der Waals surface area (Å²) in [6.45, 7) is 6.65. The molecule has 6 heteroatoms. The lowest BCUT2D eigenvalue weighted by molar-refractivity contribution is 0.0745. The Morgan fingerprint density at radius 3 is 2.37 bits per heavy atom. The van der Waals surface area contributed by atoms with E-state index in [0.29, 0.717) is 12.1 Å². The Kier molecular flexibility index (Phi) is 4.37. The van der Waals surface area contributed by atoms with Gasteiger partial charge in [-0.2, -0.15) is 0 Å². The standard InChI is InChI=1S/C13H20N2O3S/c1-13(2,3)9-15(4)12(16)10-6-5-7-11(8-10)19(14,17)18/h5-8H,9H2,1-4H3,(H2,14,17,18). The van der Waals surface area contributed by atoms with Gasteiger partial charge in [0.1, 0.15) is 0 Å². The first-order chi connectivity index (χ1) is 8.50. The number of amides is 1. The van der Waals surface area contributed by atoms with Gasteiger partial charge in [0, 0.05) is 19.2 Å². The number of sulfonamides is 1. The highest BCUT2D eigenvalue weighted by Gasteiger charge is 2.20. The average molecular weight is 284 g/mol. The summed E-state index contributed by atoms with van der Waals surface area (Å²) in [5, 5.41) is 5.05. The van der Waals surface area contributed by atoms with E-state index >= 15 is 0 Å². The smallest absolute Gasteiger partial charge is 0.253 e. The van der Waals surface area contributed by atoms with Gasteiger partial charge in [0.05, 0.1) is 4.90 Å². The summed E-state index contributed by atoms with van der Waals surface area (Å²) in [6.07, 6.45) is 0. The van der Waals surface area contributed by atoms with Gasteiger partial charge in [-0.3, -0.25) is 4.79 Å². The summed E-state index contributed by atoms with van der Waals surface area (Å²) < 4.78 is 22.5. The van der Waals surface area contributed by atoms with Gasteiger partial charge in [-0.25, -0.2) is 13.6 Å². The van der Waals surface area contributed by atoms with Crippen molar-refractivity contribution in [3.8, 4) is 0 Å². The lowest BCUT2D eigenvalue weighted by Gasteiger charge is -2.26. The van der Waals surface area contributed by atoms with E-state index < -0.39 is 10.0 Å². The second-order valence-electron chi connectivity index (χ2n) is 5.79. The minimum Gasteiger partial charge on any atom is -0.341 e. The Morgan fingerprint density at radius 2 is 1.89 bits per heavy atom. The molecule has 0 fully saturated rings. The molecular formula is C13H20N2O3S. The van der Waals surface area contributed by atoms with Crippen LogP contribution in [0.1, 0.15) is 31.1 Å². The lowest BCUT2D eigenvalue weighted by atomic mass is 9.96. The highest BCUT2D eigenvalue weighted by atomic mass is 32.2. The van der Waals surface area contributed by atoms with Crippen molar-refractivity contribution < 1.29 is 13.2 Å². The van der Waals surface area contributed by atoms with Crippen molar-refractivity contribution in [1.29, 1.82) is 0 Å². The van der Waals surface area contributed by atoms with Gasteiger partial charge >= 0.3 is 0 Å². The van der Waals surface area contributed by atoms with Crippen LogP contribution in [0.3, 0.4) is 0 Å². The number of nitrogens with zero attached hydrogens (tertiary/aromatic N) is 1. The number of nitrogens with two attached hydrogens (primary N) is 1. The van der Waals surface area contributed by atoms with Crippen LogP contribution in [-0.4, -0.2) is 32.8 Å². The topological polar surface area (TPSA) is 80.5 Å². The van der Waals surface area contributed by atoms with Crippen LogP contribution < -0.4 is 5.14 Å². The van der Waals surface area contributed by atoms with Gasteiger partial charge in [-0.15, -0.1) is 0 Å². The number of carbonyl (C=O) groups excluding carboxylic acids is 1. The summed E-state index contributed by atoms with van der Waals surface area (Å²) in [5.74, 6) is -0.222. The van der Waals surface area contributed by atoms with Crippen LogP contribution in [0, 0.1) is 5.41 Å². The maximum Gasteiger partial charge on any atom is 0.253 e. The minimum absolute atomic E-state index is 0.0258. The number of benzene rings is 1. The first-order valence-electron chi connectivity index (χ1n) is 5.89.